The van der Waals surface area contributed by atoms with Crippen LogP contribution in [0.5, 0.6) is 23.0 Å². The van der Waals surface area contributed by atoms with Gasteiger partial charge in [0.15, 0.2) is 28.2 Å². The van der Waals surface area contributed by atoms with Crippen LogP contribution in [0.4, 0.5) is 20.1 Å². The van der Waals surface area contributed by atoms with Crippen molar-refractivity contribution in [2.75, 3.05) is 51.5 Å². The van der Waals surface area contributed by atoms with Crippen LogP contribution in [-0.4, -0.2) is 128 Å². The van der Waals surface area contributed by atoms with Crippen molar-refractivity contribution in [3.05, 3.63) is 337 Å². The number of aromatic nitrogens is 3. The Bertz CT molecular complexity index is 6340. The van der Waals surface area contributed by atoms with Crippen molar-refractivity contribution in [1.82, 2.24) is 62.0 Å². The molecule has 5 aliphatic heterocycles. The van der Waals surface area contributed by atoms with Crippen molar-refractivity contribution in [2.45, 2.75) is 97.8 Å². The molecule has 4 atom stereocenters. The Labute approximate surface area is 739 Å². The third kappa shape index (κ3) is 16.2. The summed E-state index contributed by atoms with van der Waals surface area (Å²) in [5.41, 5.74) is 17.4. The molecule has 0 bridgehead atoms. The van der Waals surface area contributed by atoms with E-state index in [1.165, 1.54) is 4.90 Å². The van der Waals surface area contributed by atoms with Gasteiger partial charge in [-0.3, -0.25) is 48.7 Å². The highest BCUT2D eigenvalue weighted by Gasteiger charge is 2.49. The predicted molar refractivity (Wildman–Crippen MR) is 488 cm³/mol. The Morgan fingerprint density at radius 1 is 0.444 bits per heavy atom. The average Bonchev–Trinajstić information content (AvgIpc) is 1.59. The Morgan fingerprint density at radius 3 is 1.52 bits per heavy atom. The van der Waals surface area contributed by atoms with E-state index in [0.29, 0.717) is 135 Å². The first-order valence-electron chi connectivity index (χ1n) is 42.0. The van der Waals surface area contributed by atoms with Gasteiger partial charge in [-0.15, -0.1) is 0 Å². The molecule has 25 nitrogen and oxygen atoms in total. The van der Waals surface area contributed by atoms with E-state index in [0.717, 1.165) is 110 Å². The first-order chi connectivity index (χ1) is 61.1. The molecule has 10 aliphatic rings. The predicted octanol–water partition coefficient (Wildman–Crippen LogP) is 16.6. The highest BCUT2D eigenvalue weighted by Crippen LogP contribution is 2.48. The minimum Gasteiger partial charge on any atom is -0.494 e. The zero-order valence-electron chi connectivity index (χ0n) is 70.6. The number of thiocarbonyl (C=S) groups is 2. The van der Waals surface area contributed by atoms with E-state index in [-0.39, 0.29) is 47.0 Å². The van der Waals surface area contributed by atoms with Crippen molar-refractivity contribution >= 4 is 116 Å². The summed E-state index contributed by atoms with van der Waals surface area (Å²) < 4.78 is 22.8. The fourth-order valence-corrected chi connectivity index (χ4v) is 17.6. The maximum absolute atomic E-state index is 13.2. The summed E-state index contributed by atoms with van der Waals surface area (Å²) in [7, 11) is 1.65. The van der Waals surface area contributed by atoms with Crippen LogP contribution in [0.2, 0.25) is 0 Å². The van der Waals surface area contributed by atoms with Gasteiger partial charge < -0.3 is 61.1 Å². The van der Waals surface area contributed by atoms with E-state index >= 15 is 0 Å². The van der Waals surface area contributed by atoms with Crippen LogP contribution >= 0.6 is 24.4 Å². The number of urea groups is 3. The molecule has 0 saturated heterocycles. The third-order valence-electron chi connectivity index (χ3n) is 22.9. The van der Waals surface area contributed by atoms with Crippen LogP contribution < -0.4 is 61.1 Å². The lowest BCUT2D eigenvalue weighted by Gasteiger charge is -2.38. The van der Waals surface area contributed by atoms with Crippen LogP contribution in [0.1, 0.15) is 193 Å². The molecule has 3 aromatic heterocycles. The van der Waals surface area contributed by atoms with E-state index < -0.39 is 23.7 Å². The van der Waals surface area contributed by atoms with Crippen LogP contribution in [0.15, 0.2) is 253 Å². The number of para-hydroxylation sites is 1. The Kier molecular flexibility index (Phi) is 24.6. The highest BCUT2D eigenvalue weighted by molar-refractivity contribution is 7.80. The van der Waals surface area contributed by atoms with Gasteiger partial charge in [0.25, 0.3) is 0 Å². The minimum absolute atomic E-state index is 0.0254. The normalized spacial score (nSPS) is 18.6. The number of rotatable bonds is 18. The lowest BCUT2D eigenvalue weighted by molar-refractivity contribution is 0.101. The highest BCUT2D eigenvalue weighted by atomic mass is 32.1. The minimum atomic E-state index is -0.721. The van der Waals surface area contributed by atoms with E-state index in [9.17, 15) is 38.4 Å². The van der Waals surface area contributed by atoms with Gasteiger partial charge in [0.05, 0.1) is 146 Å². The molecule has 5 aliphatic carbocycles. The Hall–Kier alpha value is -14.6. The molecule has 7 N–H and O–H groups in total. The molecule has 126 heavy (non-hydrogen) atoms. The molecular weight excluding hydrogens is 1630 g/mol. The quantitative estimate of drug-likeness (QED) is 0.0310. The molecule has 0 fully saturated rings. The summed E-state index contributed by atoms with van der Waals surface area (Å²) in [5.74, 6) is 2.73. The second-order valence-corrected chi connectivity index (χ2v) is 31.9. The van der Waals surface area contributed by atoms with Crippen molar-refractivity contribution in [3.8, 4) is 23.0 Å². The number of carbonyl (C=O) groups is 8. The van der Waals surface area contributed by atoms with E-state index in [2.05, 4.69) is 66.0 Å². The summed E-state index contributed by atoms with van der Waals surface area (Å²) in [6.45, 7) is 17.2. The average molecular weight is 1720 g/mol. The van der Waals surface area contributed by atoms with Gasteiger partial charge in [0.2, 0.25) is 5.78 Å². The molecule has 636 valence electrons. The smallest absolute Gasteiger partial charge is 0.322 e. The molecule has 10 aromatic rings. The summed E-state index contributed by atoms with van der Waals surface area (Å²) >= 11 is 10.8. The number of ketones is 5. The van der Waals surface area contributed by atoms with Gasteiger partial charge in [0.1, 0.15) is 28.7 Å². The monoisotopic (exact) mass is 1720 g/mol. The van der Waals surface area contributed by atoms with Crippen LogP contribution in [0, 0.1) is 6.92 Å². The molecule has 7 aromatic carbocycles. The number of Topliss-reactive ketones (excluding diaryl/α,β-unsaturated/α-hetero) is 5. The second kappa shape index (κ2) is 36.5. The first-order valence-corrected chi connectivity index (χ1v) is 42.8. The Morgan fingerprint density at radius 2 is 0.937 bits per heavy atom. The second-order valence-electron chi connectivity index (χ2n) is 31.0. The third-order valence-corrected chi connectivity index (χ3v) is 23.4. The van der Waals surface area contributed by atoms with Gasteiger partial charge in [0, 0.05) is 59.6 Å². The maximum atomic E-state index is 13.2. The zero-order valence-corrected chi connectivity index (χ0v) is 72.2. The lowest BCUT2D eigenvalue weighted by atomic mass is 9.81. The molecule has 8 heterocycles. The van der Waals surface area contributed by atoms with Crippen LogP contribution in [0.25, 0.3) is 28.5 Å². The maximum Gasteiger partial charge on any atom is 0.322 e. The molecule has 0 saturated carbocycles. The summed E-state index contributed by atoms with van der Waals surface area (Å²) in [6, 6.07) is 63.7. The number of anilines is 1. The molecule has 6 amide bonds. The molecule has 4 unspecified atom stereocenters. The van der Waals surface area contributed by atoms with Crippen molar-refractivity contribution in [3.63, 3.8) is 0 Å². The molecule has 27 heteroatoms. The largest absolute Gasteiger partial charge is 0.494 e. The van der Waals surface area contributed by atoms with E-state index in [4.69, 9.17) is 43.4 Å². The summed E-state index contributed by atoms with van der Waals surface area (Å²) in [5, 5.41) is 21.7. The number of hydrogen-bond donors (Lipinski definition) is 7. The first kappa shape index (κ1) is 85.0. The molecule has 0 spiro atoms. The number of benzene rings is 7. The number of unbranched alkanes of at least 4 members (excludes halogenated alkanes) is 2. The van der Waals surface area contributed by atoms with E-state index in [1.54, 1.807) is 60.7 Å². The van der Waals surface area contributed by atoms with Crippen LogP contribution in [-0.2, 0) is 5.54 Å². The topological polar surface area (TPSA) is 306 Å². The summed E-state index contributed by atoms with van der Waals surface area (Å²) in [4.78, 5) is 121. The van der Waals surface area contributed by atoms with Gasteiger partial charge in [-0.25, -0.2) is 14.4 Å². The SMILES string of the molecule is CCCCOc1cccc(C2NC(=O)N(C)C3=C2C(=O)c2cccnc23)c1.CCCCOc1cccc(C2NC(=O)N(CC)C3=C2C(=O)c2cccnc23)c1.CCOc1cccc(C2(C)NC(=S)NC3=C2C(=O)c2ccccc23)c1.CCOc1cccc(C2NC(=O)NC3=C2C(=O)c2ccc(C)nc23)c1.O=C1C2=C(NC(=S)CN2c2ccccc2)c2ccccc21. The number of carbonyl (C=O) groups excluding carboxylic acids is 8. The van der Waals surface area contributed by atoms with Crippen molar-refractivity contribution in [1.29, 1.82) is 0 Å². The number of fused-ring (bicyclic) bond motifs is 10. The summed E-state index contributed by atoms with van der Waals surface area (Å²) in [6.07, 6.45) is 7.36. The fraction of sp³-hybridized carbons (Fsp3) is 0.222. The number of allylic oxidation sites excluding steroid dienone is 1. The van der Waals surface area contributed by atoms with Gasteiger partial charge in [-0.05, 0) is 179 Å². The number of amides is 6. The fourth-order valence-electron chi connectivity index (χ4n) is 17.0. The number of aryl methyl sites for hydroxylation is 1. The van der Waals surface area contributed by atoms with Gasteiger partial charge >= 0.3 is 18.1 Å². The van der Waals surface area contributed by atoms with Gasteiger partial charge in [-0.2, -0.15) is 0 Å². The number of pyridine rings is 3. The number of nitrogens with one attached hydrogen (secondary N) is 7. The number of hydrogen-bond acceptors (Lipinski definition) is 18. The number of ether oxygens (including phenoxy) is 4. The van der Waals surface area contributed by atoms with E-state index in [1.807, 2.05) is 215 Å². The standard InChI is InChI=1S/C22H23N3O3.C21H21N3O3.C20H18N2O2S.C19H17N3O3.C17H12N2OS/c1-3-5-12-28-15-9-6-8-14(13-15)18-17-20(25(4-2)22(27)24-18)19-16(21(17)26)10-7-11-23-19;1-3-4-11-27-14-8-5-7-13(12-14)17-16-19(24(2)21(26)23-17)18-15(20(16)25)9-6-10-22-18;1-3-24-13-8-6-7-12(11-13)20(2)16-17(21-19(25)22-20)14-9-4-5-10-15(14)18(16)23;1-3-25-12-6-4-5-11(9-12)15-14-17(22-19(24)21-15)16-13(18(14)23)8-7-10(2)20-16;20-17-13-9-5-4-8-12(13)15-16(17)19(10-14(21)18-15)11-6-2-1-3-7-11/h6-11,13,18H,3-5,12H2,1-2H3,(H,24,27);5-10,12,17H,3-4,11H2,1-2H3,(H,23,26);4-11H,3H2,1-2H3,(H2,21,22,25);4-9,15H,3H2,1-2H3,(H2,21,22,24);1-9H,10H2,(H,18,21). The Balaban J connectivity index is 0.000000116. The van der Waals surface area contributed by atoms with Crippen LogP contribution in [0.3, 0.4) is 0 Å². The van der Waals surface area contributed by atoms with Gasteiger partial charge in [-0.1, -0.05) is 154 Å². The van der Waals surface area contributed by atoms with Crippen molar-refractivity contribution in [2.24, 2.45) is 0 Å². The molecule has 20 rings (SSSR count). The number of nitrogens with zero attached hydrogens (tertiary/aromatic N) is 6. The molecular formula is C99H91N13O12S2. The zero-order chi connectivity index (χ0) is 88.2. The molecule has 0 radical (unpaired) electrons. The van der Waals surface area contributed by atoms with Crippen molar-refractivity contribution < 1.29 is 57.3 Å². The lowest BCUT2D eigenvalue weighted by Crippen LogP contribution is -2.54.